The first-order valence-corrected chi connectivity index (χ1v) is 12.0. The summed E-state index contributed by atoms with van der Waals surface area (Å²) in [6.07, 6.45) is 9.13. The van der Waals surface area contributed by atoms with Gasteiger partial charge in [-0.15, -0.1) is 0 Å². The number of rotatable bonds is 2. The van der Waals surface area contributed by atoms with Gasteiger partial charge in [-0.05, 0) is 80.5 Å². The van der Waals surface area contributed by atoms with E-state index in [1.54, 1.807) is 0 Å². The van der Waals surface area contributed by atoms with E-state index in [2.05, 4.69) is 29.8 Å². The number of esters is 1. The standard InChI is InChI=1S/C23H35BrO3/c1-13(2)21(26)27-15-7-9-22(3)14(11-15)5-6-16-17(22)8-10-23(4)18(16)12-19(24)20(23)25/h13-19H,5-12H2,1-4H3/t14-,15-,16+,17-,18-,19+,22-,23-/m0/s1. The van der Waals surface area contributed by atoms with Crippen LogP contribution in [0.1, 0.15) is 79.1 Å². The van der Waals surface area contributed by atoms with Gasteiger partial charge in [0.25, 0.3) is 0 Å². The Kier molecular flexibility index (Phi) is 5.05. The molecule has 4 heteroatoms. The van der Waals surface area contributed by atoms with Gasteiger partial charge < -0.3 is 4.74 Å². The van der Waals surface area contributed by atoms with Gasteiger partial charge in [0.2, 0.25) is 0 Å². The highest BCUT2D eigenvalue weighted by Crippen LogP contribution is 2.66. The average Bonchev–Trinajstić information content (AvgIpc) is 2.85. The van der Waals surface area contributed by atoms with Crippen LogP contribution in [-0.2, 0) is 14.3 Å². The Morgan fingerprint density at radius 1 is 1.07 bits per heavy atom. The zero-order valence-corrected chi connectivity index (χ0v) is 18.9. The molecule has 3 nitrogen and oxygen atoms in total. The summed E-state index contributed by atoms with van der Waals surface area (Å²) in [5, 5.41) is 0. The summed E-state index contributed by atoms with van der Waals surface area (Å²) in [4.78, 5) is 24.9. The number of Topliss-reactive ketones (excluding diaryl/α,β-unsaturated/α-hetero) is 1. The number of halogens is 1. The molecule has 0 spiro atoms. The number of alkyl halides is 1. The third-order valence-corrected chi connectivity index (χ3v) is 9.86. The van der Waals surface area contributed by atoms with Crippen LogP contribution in [0.2, 0.25) is 0 Å². The number of carbonyl (C=O) groups excluding carboxylic acids is 2. The molecule has 4 fully saturated rings. The van der Waals surface area contributed by atoms with Gasteiger partial charge in [-0.1, -0.05) is 43.6 Å². The average molecular weight is 439 g/mol. The van der Waals surface area contributed by atoms with Gasteiger partial charge in [0.15, 0.2) is 5.78 Å². The van der Waals surface area contributed by atoms with Crippen molar-refractivity contribution >= 4 is 27.7 Å². The predicted octanol–water partition coefficient (Wildman–Crippen LogP) is 5.54. The van der Waals surface area contributed by atoms with E-state index in [4.69, 9.17) is 4.74 Å². The molecule has 27 heavy (non-hydrogen) atoms. The fourth-order valence-electron chi connectivity index (χ4n) is 7.37. The van der Waals surface area contributed by atoms with Crippen molar-refractivity contribution in [1.29, 1.82) is 0 Å². The summed E-state index contributed by atoms with van der Waals surface area (Å²) in [6.45, 7) is 8.59. The van der Waals surface area contributed by atoms with Crippen molar-refractivity contribution < 1.29 is 14.3 Å². The number of fused-ring (bicyclic) bond motifs is 5. The summed E-state index contributed by atoms with van der Waals surface area (Å²) in [6, 6.07) is 0. The fourth-order valence-corrected chi connectivity index (χ4v) is 8.30. The SMILES string of the molecule is CC(C)C(=O)O[C@H]1CC[C@@]2(C)[C@@H](CC[C@@H]3[C@@H]2CC[C@]2(C)C(=O)[C@H](Br)C[C@@H]32)C1. The van der Waals surface area contributed by atoms with Crippen LogP contribution in [0, 0.1) is 40.4 Å². The molecule has 4 rings (SSSR count). The van der Waals surface area contributed by atoms with Gasteiger partial charge in [0.05, 0.1) is 10.7 Å². The number of ether oxygens (including phenoxy) is 1. The lowest BCUT2D eigenvalue weighted by atomic mass is 9.45. The lowest BCUT2D eigenvalue weighted by molar-refractivity contribution is -0.165. The monoisotopic (exact) mass is 438 g/mol. The third kappa shape index (κ3) is 3.04. The van der Waals surface area contributed by atoms with Crippen LogP contribution in [0.25, 0.3) is 0 Å². The molecule has 4 aliphatic carbocycles. The zero-order chi connectivity index (χ0) is 19.6. The van der Waals surface area contributed by atoms with Crippen molar-refractivity contribution in [1.82, 2.24) is 0 Å². The second-order valence-electron chi connectivity index (χ2n) is 10.7. The molecule has 0 unspecified atom stereocenters. The van der Waals surface area contributed by atoms with Crippen molar-refractivity contribution in [2.45, 2.75) is 90.0 Å². The van der Waals surface area contributed by atoms with E-state index in [1.165, 1.54) is 25.7 Å². The molecule has 0 N–H and O–H groups in total. The van der Waals surface area contributed by atoms with E-state index in [-0.39, 0.29) is 28.2 Å². The molecule has 0 radical (unpaired) electrons. The van der Waals surface area contributed by atoms with E-state index < -0.39 is 0 Å². The molecular weight excluding hydrogens is 404 g/mol. The Morgan fingerprint density at radius 3 is 2.52 bits per heavy atom. The summed E-state index contributed by atoms with van der Waals surface area (Å²) < 4.78 is 5.81. The largest absolute Gasteiger partial charge is 0.462 e. The van der Waals surface area contributed by atoms with E-state index >= 15 is 0 Å². The lowest BCUT2D eigenvalue weighted by Gasteiger charge is -2.60. The van der Waals surface area contributed by atoms with Crippen LogP contribution in [0.15, 0.2) is 0 Å². The van der Waals surface area contributed by atoms with Crippen LogP contribution in [0.3, 0.4) is 0 Å². The van der Waals surface area contributed by atoms with Gasteiger partial charge in [0.1, 0.15) is 6.10 Å². The van der Waals surface area contributed by atoms with Crippen molar-refractivity contribution in [3.63, 3.8) is 0 Å². The highest BCUT2D eigenvalue weighted by Gasteiger charge is 2.62. The summed E-state index contributed by atoms with van der Waals surface area (Å²) >= 11 is 3.67. The highest BCUT2D eigenvalue weighted by molar-refractivity contribution is 9.10. The summed E-state index contributed by atoms with van der Waals surface area (Å²) in [7, 11) is 0. The maximum Gasteiger partial charge on any atom is 0.308 e. The van der Waals surface area contributed by atoms with Crippen molar-refractivity contribution in [3.8, 4) is 0 Å². The first-order valence-electron chi connectivity index (χ1n) is 11.1. The van der Waals surface area contributed by atoms with Gasteiger partial charge in [0, 0.05) is 5.41 Å². The Morgan fingerprint density at radius 2 is 1.81 bits per heavy atom. The highest BCUT2D eigenvalue weighted by atomic mass is 79.9. The normalized spacial score (nSPS) is 49.3. The molecule has 152 valence electrons. The minimum atomic E-state index is -0.0947. The van der Waals surface area contributed by atoms with Crippen LogP contribution < -0.4 is 0 Å². The number of carbonyl (C=O) groups is 2. The molecule has 0 amide bonds. The first-order chi connectivity index (χ1) is 12.7. The van der Waals surface area contributed by atoms with Gasteiger partial charge >= 0.3 is 5.97 Å². The number of hydrogen-bond acceptors (Lipinski definition) is 3. The molecule has 4 saturated carbocycles. The minimum Gasteiger partial charge on any atom is -0.462 e. The van der Waals surface area contributed by atoms with Crippen LogP contribution in [0.4, 0.5) is 0 Å². The second kappa shape index (κ2) is 6.85. The molecule has 0 aliphatic heterocycles. The number of hydrogen-bond donors (Lipinski definition) is 0. The van der Waals surface area contributed by atoms with E-state index in [0.717, 1.165) is 31.6 Å². The molecule has 0 heterocycles. The molecule has 0 saturated heterocycles. The van der Waals surface area contributed by atoms with E-state index in [9.17, 15) is 9.59 Å². The van der Waals surface area contributed by atoms with Gasteiger partial charge in [-0.25, -0.2) is 0 Å². The molecule has 4 aliphatic rings. The smallest absolute Gasteiger partial charge is 0.308 e. The van der Waals surface area contributed by atoms with E-state index in [1.807, 2.05) is 13.8 Å². The summed E-state index contributed by atoms with van der Waals surface area (Å²) in [5.41, 5.74) is 0.265. The Hall–Kier alpha value is -0.380. The zero-order valence-electron chi connectivity index (χ0n) is 17.3. The molecular formula is C23H35BrO3. The maximum atomic E-state index is 12.8. The molecule has 0 aromatic heterocycles. The summed E-state index contributed by atoms with van der Waals surface area (Å²) in [5.74, 6) is 3.04. The van der Waals surface area contributed by atoms with Crippen molar-refractivity contribution in [2.24, 2.45) is 40.4 Å². The second-order valence-corrected chi connectivity index (χ2v) is 11.8. The maximum absolute atomic E-state index is 12.8. The Bertz CT molecular complexity index is 631. The van der Waals surface area contributed by atoms with Crippen LogP contribution in [-0.4, -0.2) is 22.7 Å². The molecule has 0 bridgehead atoms. The molecule has 8 atom stereocenters. The van der Waals surface area contributed by atoms with Crippen LogP contribution in [0.5, 0.6) is 0 Å². The van der Waals surface area contributed by atoms with Gasteiger partial charge in [-0.2, -0.15) is 0 Å². The van der Waals surface area contributed by atoms with Crippen LogP contribution >= 0.6 is 15.9 Å². The predicted molar refractivity (Wildman–Crippen MR) is 110 cm³/mol. The quantitative estimate of drug-likeness (QED) is 0.419. The van der Waals surface area contributed by atoms with Crippen molar-refractivity contribution in [3.05, 3.63) is 0 Å². The first kappa shape index (κ1) is 19.9. The van der Waals surface area contributed by atoms with E-state index in [0.29, 0.717) is 29.0 Å². The molecule has 0 aromatic rings. The molecule has 0 aromatic carbocycles. The number of ketones is 1. The Labute approximate surface area is 172 Å². The minimum absolute atomic E-state index is 0.0397. The lowest BCUT2D eigenvalue weighted by Crippen LogP contribution is -2.54. The fraction of sp³-hybridized carbons (Fsp3) is 0.913. The van der Waals surface area contributed by atoms with Crippen molar-refractivity contribution in [2.75, 3.05) is 0 Å². The Balaban J connectivity index is 1.50. The topological polar surface area (TPSA) is 43.4 Å². The van der Waals surface area contributed by atoms with Gasteiger partial charge in [-0.3, -0.25) is 9.59 Å². The third-order valence-electron chi connectivity index (χ3n) is 9.07.